The molecule has 3 rings (SSSR count). The van der Waals surface area contributed by atoms with Crippen LogP contribution in [0.25, 0.3) is 11.2 Å². The van der Waals surface area contributed by atoms with E-state index in [1.165, 1.54) is 4.57 Å². The Labute approximate surface area is 157 Å². The molecular weight excluding hydrogens is 354 g/mol. The fourth-order valence-electron chi connectivity index (χ4n) is 2.99. The summed E-state index contributed by atoms with van der Waals surface area (Å²) >= 11 is 0. The molecule has 0 atom stereocenters. The number of nitrogens with one attached hydrogen (secondary N) is 1. The first-order chi connectivity index (χ1) is 12.1. The van der Waals surface area contributed by atoms with Crippen LogP contribution < -0.4 is 23.7 Å². The quantitative estimate of drug-likeness (QED) is 0.532. The van der Waals surface area contributed by atoms with E-state index < -0.39 is 5.69 Å². The second kappa shape index (κ2) is 8.82. The third-order valence-electron chi connectivity index (χ3n) is 4.49. The van der Waals surface area contributed by atoms with Crippen LogP contribution in [0.3, 0.4) is 0 Å². The molecule has 1 N–H and O–H groups in total. The highest BCUT2D eigenvalue weighted by atomic mass is 35.5. The summed E-state index contributed by atoms with van der Waals surface area (Å²) in [5, 5.41) is 0. The van der Waals surface area contributed by atoms with E-state index in [1.807, 2.05) is 34.9 Å². The number of halogens is 1. The van der Waals surface area contributed by atoms with Crippen molar-refractivity contribution in [3.05, 3.63) is 63.1 Å². The van der Waals surface area contributed by atoms with E-state index in [0.717, 1.165) is 25.2 Å². The highest BCUT2D eigenvalue weighted by Crippen LogP contribution is 2.09. The molecule has 140 valence electrons. The molecule has 26 heavy (non-hydrogen) atoms. The lowest BCUT2D eigenvalue weighted by Gasteiger charge is -2.18. The maximum Gasteiger partial charge on any atom is 0.330 e. The molecule has 0 saturated heterocycles. The van der Waals surface area contributed by atoms with Gasteiger partial charge in [-0.05, 0) is 18.7 Å². The monoisotopic (exact) mass is 376 g/mol. The van der Waals surface area contributed by atoms with Gasteiger partial charge < -0.3 is 21.9 Å². The zero-order valence-electron chi connectivity index (χ0n) is 15.0. The minimum atomic E-state index is -0.435. The molecule has 2 aromatic heterocycles. The van der Waals surface area contributed by atoms with Crippen LogP contribution in [0.1, 0.15) is 19.4 Å². The van der Waals surface area contributed by atoms with Crippen LogP contribution in [0.4, 0.5) is 0 Å². The Morgan fingerprint density at radius 2 is 1.81 bits per heavy atom. The number of imidazole rings is 1. The number of nitrogens with zero attached hydrogens (tertiary/aromatic N) is 4. The first-order valence-electron chi connectivity index (χ1n) is 8.58. The zero-order chi connectivity index (χ0) is 17.8. The number of benzene rings is 1. The highest BCUT2D eigenvalue weighted by Gasteiger charge is 2.14. The van der Waals surface area contributed by atoms with Crippen molar-refractivity contribution >= 4 is 11.2 Å². The molecule has 2 heterocycles. The van der Waals surface area contributed by atoms with Crippen LogP contribution in [0.15, 0.2) is 46.2 Å². The van der Waals surface area contributed by atoms with Gasteiger partial charge in [-0.15, -0.1) is 0 Å². The van der Waals surface area contributed by atoms with Crippen LogP contribution in [-0.2, 0) is 13.1 Å². The molecule has 0 spiro atoms. The number of likely N-dealkylation sites (N-methyl/N-ethyl adjacent to an activating group) is 1. The molecule has 0 aliphatic heterocycles. The molecule has 0 saturated carbocycles. The fourth-order valence-corrected chi connectivity index (χ4v) is 2.99. The normalized spacial score (nSPS) is 11.0. The lowest BCUT2D eigenvalue weighted by atomic mass is 10.2. The van der Waals surface area contributed by atoms with E-state index in [0.29, 0.717) is 24.3 Å². The topological polar surface area (TPSA) is 75.9 Å². The molecule has 0 aliphatic rings. The Hall–Kier alpha value is -2.38. The van der Waals surface area contributed by atoms with Crippen LogP contribution in [0.2, 0.25) is 0 Å². The van der Waals surface area contributed by atoms with E-state index in [2.05, 4.69) is 28.7 Å². The van der Waals surface area contributed by atoms with Gasteiger partial charge in [-0.2, -0.15) is 0 Å². The van der Waals surface area contributed by atoms with Gasteiger partial charge in [0.2, 0.25) is 0 Å². The summed E-state index contributed by atoms with van der Waals surface area (Å²) in [5.74, 6) is 0. The van der Waals surface area contributed by atoms with Gasteiger partial charge in [-0.1, -0.05) is 44.2 Å². The summed E-state index contributed by atoms with van der Waals surface area (Å²) in [6.45, 7) is 8.00. The molecular formula is C18H23ClN5O2-. The molecule has 7 nitrogen and oxygen atoms in total. The third-order valence-corrected chi connectivity index (χ3v) is 4.49. The number of rotatable bonds is 7. The third kappa shape index (κ3) is 4.05. The summed E-state index contributed by atoms with van der Waals surface area (Å²) in [6, 6.07) is 9.66. The molecule has 3 aromatic rings. The minimum absolute atomic E-state index is 0. The lowest BCUT2D eigenvalue weighted by Crippen LogP contribution is -3.00. The van der Waals surface area contributed by atoms with Gasteiger partial charge >= 0.3 is 5.69 Å². The SMILES string of the molecule is CCN(CC)CCn1cnc2c1c(=O)[nH]c(=O)n2Cc1ccccc1.[Cl-]. The van der Waals surface area contributed by atoms with Gasteiger partial charge in [0, 0.05) is 13.1 Å². The molecule has 0 amide bonds. The zero-order valence-corrected chi connectivity index (χ0v) is 15.7. The van der Waals surface area contributed by atoms with E-state index in [9.17, 15) is 9.59 Å². The lowest BCUT2D eigenvalue weighted by molar-refractivity contribution is -0.00000547. The maximum absolute atomic E-state index is 12.3. The highest BCUT2D eigenvalue weighted by molar-refractivity contribution is 5.70. The Kier molecular flexibility index (Phi) is 6.76. The molecule has 0 aliphatic carbocycles. The number of hydrogen-bond acceptors (Lipinski definition) is 4. The first kappa shape index (κ1) is 19.9. The van der Waals surface area contributed by atoms with Crippen LogP contribution in [0, 0.1) is 0 Å². The Morgan fingerprint density at radius 1 is 1.12 bits per heavy atom. The van der Waals surface area contributed by atoms with E-state index in [-0.39, 0.29) is 18.0 Å². The molecule has 1 aromatic carbocycles. The van der Waals surface area contributed by atoms with Crippen molar-refractivity contribution in [1.82, 2.24) is 24.0 Å². The standard InChI is InChI=1S/C18H23N5O2.ClH/c1-3-21(4-2)10-11-22-13-19-16-15(22)17(24)20-18(25)23(16)12-14-8-6-5-7-9-14;/h5-9,13H,3-4,10-12H2,1-2H3,(H,20,24,25);1H/p-1. The summed E-state index contributed by atoms with van der Waals surface area (Å²) in [7, 11) is 0. The minimum Gasteiger partial charge on any atom is -1.00 e. The summed E-state index contributed by atoms with van der Waals surface area (Å²) in [4.78, 5) is 33.7. The number of fused-ring (bicyclic) bond motifs is 1. The Balaban J connectivity index is 0.00000243. The van der Waals surface area contributed by atoms with Crippen molar-refractivity contribution in [3.8, 4) is 0 Å². The number of hydrogen-bond donors (Lipinski definition) is 1. The average Bonchev–Trinajstić information content (AvgIpc) is 3.05. The van der Waals surface area contributed by atoms with Gasteiger partial charge in [0.25, 0.3) is 5.56 Å². The first-order valence-corrected chi connectivity index (χ1v) is 8.58. The number of aromatic nitrogens is 4. The van der Waals surface area contributed by atoms with Crippen molar-refractivity contribution in [2.45, 2.75) is 26.9 Å². The van der Waals surface area contributed by atoms with Gasteiger partial charge in [-0.3, -0.25) is 14.3 Å². The second-order valence-corrected chi connectivity index (χ2v) is 5.97. The summed E-state index contributed by atoms with van der Waals surface area (Å²) < 4.78 is 3.34. The van der Waals surface area contributed by atoms with Crippen molar-refractivity contribution in [2.24, 2.45) is 0 Å². The van der Waals surface area contributed by atoms with E-state index in [1.54, 1.807) is 6.33 Å². The smallest absolute Gasteiger partial charge is 0.330 e. The van der Waals surface area contributed by atoms with E-state index in [4.69, 9.17) is 0 Å². The van der Waals surface area contributed by atoms with Gasteiger partial charge in [0.1, 0.15) is 0 Å². The average molecular weight is 377 g/mol. The summed E-state index contributed by atoms with van der Waals surface area (Å²) in [6.07, 6.45) is 1.64. The Bertz CT molecular complexity index is 957. The summed E-state index contributed by atoms with van der Waals surface area (Å²) in [5.41, 5.74) is 1.03. The molecule has 0 radical (unpaired) electrons. The van der Waals surface area contributed by atoms with Crippen LogP contribution >= 0.6 is 0 Å². The Morgan fingerprint density at radius 3 is 2.46 bits per heavy atom. The van der Waals surface area contributed by atoms with Crippen molar-refractivity contribution in [3.63, 3.8) is 0 Å². The molecule has 0 unspecified atom stereocenters. The van der Waals surface area contributed by atoms with Gasteiger partial charge in [-0.25, -0.2) is 9.78 Å². The van der Waals surface area contributed by atoms with Gasteiger partial charge in [0.05, 0.1) is 12.9 Å². The molecule has 0 fully saturated rings. The number of H-pyrrole nitrogens is 1. The van der Waals surface area contributed by atoms with Crippen molar-refractivity contribution < 1.29 is 12.4 Å². The predicted molar refractivity (Wildman–Crippen MR) is 97.9 cm³/mol. The van der Waals surface area contributed by atoms with Crippen molar-refractivity contribution in [1.29, 1.82) is 0 Å². The fraction of sp³-hybridized carbons (Fsp3) is 0.389. The predicted octanol–water partition coefficient (Wildman–Crippen LogP) is -1.72. The largest absolute Gasteiger partial charge is 1.00 e. The van der Waals surface area contributed by atoms with Gasteiger partial charge in [0.15, 0.2) is 11.2 Å². The van der Waals surface area contributed by atoms with Crippen LogP contribution in [-0.4, -0.2) is 43.6 Å². The van der Waals surface area contributed by atoms with E-state index >= 15 is 0 Å². The van der Waals surface area contributed by atoms with Crippen LogP contribution in [0.5, 0.6) is 0 Å². The van der Waals surface area contributed by atoms with Crippen molar-refractivity contribution in [2.75, 3.05) is 19.6 Å². The maximum atomic E-state index is 12.3. The second-order valence-electron chi connectivity index (χ2n) is 5.97. The number of aromatic amines is 1. The molecule has 0 bridgehead atoms. The molecule has 8 heteroatoms.